The standard InChI is InChI=1S/C11H18O2S/c1-3-8-6-5-7-9(10(8)12)11(14)13-4-2/h8-9H,3-7H2,1-2H3. The van der Waals surface area contributed by atoms with Gasteiger partial charge in [-0.05, 0) is 38.4 Å². The van der Waals surface area contributed by atoms with Crippen LogP contribution in [-0.2, 0) is 9.53 Å². The van der Waals surface area contributed by atoms with Crippen molar-refractivity contribution < 1.29 is 9.53 Å². The van der Waals surface area contributed by atoms with Gasteiger partial charge in [-0.1, -0.05) is 13.3 Å². The normalized spacial score (nSPS) is 27.4. The largest absolute Gasteiger partial charge is 0.487 e. The quantitative estimate of drug-likeness (QED) is 0.676. The van der Waals surface area contributed by atoms with Gasteiger partial charge in [0.05, 0.1) is 12.5 Å². The van der Waals surface area contributed by atoms with Gasteiger partial charge in [0, 0.05) is 5.92 Å². The van der Waals surface area contributed by atoms with Crippen LogP contribution in [0.15, 0.2) is 0 Å². The highest BCUT2D eigenvalue weighted by Gasteiger charge is 2.33. The fourth-order valence-electron chi connectivity index (χ4n) is 2.02. The van der Waals surface area contributed by atoms with Crippen LogP contribution in [0.25, 0.3) is 0 Å². The third-order valence-corrected chi connectivity index (χ3v) is 3.26. The summed E-state index contributed by atoms with van der Waals surface area (Å²) >= 11 is 5.11. The first-order chi connectivity index (χ1) is 6.70. The molecule has 1 saturated carbocycles. The Hall–Kier alpha value is -0.440. The maximum Gasteiger partial charge on any atom is 0.170 e. The van der Waals surface area contributed by atoms with Crippen molar-refractivity contribution in [3.05, 3.63) is 0 Å². The first kappa shape index (κ1) is 11.6. The molecule has 0 aromatic heterocycles. The van der Waals surface area contributed by atoms with Crippen molar-refractivity contribution in [2.45, 2.75) is 39.5 Å². The average molecular weight is 214 g/mol. The second-order valence-electron chi connectivity index (χ2n) is 3.74. The molecule has 0 aromatic rings. The third kappa shape index (κ3) is 2.53. The van der Waals surface area contributed by atoms with E-state index in [1.165, 1.54) is 0 Å². The molecule has 0 radical (unpaired) electrons. The lowest BCUT2D eigenvalue weighted by Gasteiger charge is -2.27. The fraction of sp³-hybridized carbons (Fsp3) is 0.818. The Bertz CT molecular complexity index is 225. The van der Waals surface area contributed by atoms with Crippen molar-refractivity contribution in [2.24, 2.45) is 11.8 Å². The van der Waals surface area contributed by atoms with Gasteiger partial charge in [-0.15, -0.1) is 0 Å². The first-order valence-electron chi connectivity index (χ1n) is 5.41. The van der Waals surface area contributed by atoms with Gasteiger partial charge in [0.2, 0.25) is 0 Å². The summed E-state index contributed by atoms with van der Waals surface area (Å²) in [5, 5.41) is 0.510. The van der Waals surface area contributed by atoms with Gasteiger partial charge in [-0.3, -0.25) is 4.79 Å². The van der Waals surface area contributed by atoms with Gasteiger partial charge in [-0.2, -0.15) is 0 Å². The van der Waals surface area contributed by atoms with Crippen LogP contribution in [0.5, 0.6) is 0 Å². The second-order valence-corrected chi connectivity index (χ2v) is 4.15. The highest BCUT2D eigenvalue weighted by atomic mass is 32.1. The molecule has 14 heavy (non-hydrogen) atoms. The lowest BCUT2D eigenvalue weighted by molar-refractivity contribution is -0.127. The molecule has 0 amide bonds. The molecule has 1 aliphatic carbocycles. The Balaban J connectivity index is 2.60. The number of thiocarbonyl (C=S) groups is 1. The van der Waals surface area contributed by atoms with Gasteiger partial charge in [-0.25, -0.2) is 0 Å². The molecule has 2 nitrogen and oxygen atoms in total. The van der Waals surface area contributed by atoms with Crippen molar-refractivity contribution in [2.75, 3.05) is 6.61 Å². The molecular formula is C11H18O2S. The summed E-state index contributed by atoms with van der Waals surface area (Å²) in [5.41, 5.74) is 0. The molecule has 2 unspecified atom stereocenters. The number of carbonyl (C=O) groups is 1. The van der Waals surface area contributed by atoms with Crippen LogP contribution in [0.1, 0.15) is 39.5 Å². The summed E-state index contributed by atoms with van der Waals surface area (Å²) in [5.74, 6) is 0.410. The van der Waals surface area contributed by atoms with Gasteiger partial charge in [0.1, 0.15) is 5.78 Å². The van der Waals surface area contributed by atoms with Crippen LogP contribution in [0.3, 0.4) is 0 Å². The number of Topliss-reactive ketones (excluding diaryl/α,β-unsaturated/α-hetero) is 1. The topological polar surface area (TPSA) is 26.3 Å². The Kier molecular flexibility index (Phi) is 4.52. The van der Waals surface area contributed by atoms with Crippen molar-refractivity contribution in [1.82, 2.24) is 0 Å². The van der Waals surface area contributed by atoms with E-state index in [0.717, 1.165) is 25.7 Å². The summed E-state index contributed by atoms with van der Waals surface area (Å²) < 4.78 is 5.26. The van der Waals surface area contributed by atoms with Crippen LogP contribution in [0.2, 0.25) is 0 Å². The van der Waals surface area contributed by atoms with Crippen LogP contribution >= 0.6 is 12.2 Å². The first-order valence-corrected chi connectivity index (χ1v) is 5.81. The highest BCUT2D eigenvalue weighted by molar-refractivity contribution is 7.80. The molecule has 3 heteroatoms. The molecule has 80 valence electrons. The Morgan fingerprint density at radius 3 is 2.79 bits per heavy atom. The minimum absolute atomic E-state index is 0.108. The number of ketones is 1. The van der Waals surface area contributed by atoms with Crippen LogP contribution < -0.4 is 0 Å². The molecule has 1 fully saturated rings. The van der Waals surface area contributed by atoms with Crippen molar-refractivity contribution >= 4 is 23.1 Å². The lowest BCUT2D eigenvalue weighted by atomic mass is 9.79. The summed E-state index contributed by atoms with van der Waals surface area (Å²) in [6, 6.07) is 0. The molecule has 0 aliphatic heterocycles. The molecule has 1 rings (SSSR count). The molecule has 0 N–H and O–H groups in total. The predicted octanol–water partition coefficient (Wildman–Crippen LogP) is 2.75. The van der Waals surface area contributed by atoms with E-state index in [9.17, 15) is 4.79 Å². The molecule has 0 bridgehead atoms. The Labute approximate surface area is 91.0 Å². The van der Waals surface area contributed by atoms with Gasteiger partial charge in [0.25, 0.3) is 0 Å². The highest BCUT2D eigenvalue weighted by Crippen LogP contribution is 2.29. The van der Waals surface area contributed by atoms with E-state index in [0.29, 0.717) is 17.4 Å². The number of ether oxygens (including phenoxy) is 1. The van der Waals surface area contributed by atoms with Crippen molar-refractivity contribution in [1.29, 1.82) is 0 Å². The van der Waals surface area contributed by atoms with Crippen LogP contribution in [0.4, 0.5) is 0 Å². The van der Waals surface area contributed by atoms with E-state index in [1.54, 1.807) is 0 Å². The van der Waals surface area contributed by atoms with E-state index < -0.39 is 0 Å². The van der Waals surface area contributed by atoms with Crippen molar-refractivity contribution in [3.63, 3.8) is 0 Å². The molecule has 1 aliphatic rings. The van der Waals surface area contributed by atoms with Gasteiger partial charge in [0.15, 0.2) is 5.05 Å². The van der Waals surface area contributed by atoms with E-state index in [4.69, 9.17) is 17.0 Å². The Morgan fingerprint density at radius 1 is 1.50 bits per heavy atom. The summed E-state index contributed by atoms with van der Waals surface area (Å²) in [4.78, 5) is 11.9. The van der Waals surface area contributed by atoms with E-state index in [1.807, 2.05) is 6.92 Å². The second kappa shape index (κ2) is 5.44. The monoisotopic (exact) mass is 214 g/mol. The predicted molar refractivity (Wildman–Crippen MR) is 60.4 cm³/mol. The van der Waals surface area contributed by atoms with Crippen molar-refractivity contribution in [3.8, 4) is 0 Å². The zero-order valence-corrected chi connectivity index (χ0v) is 9.73. The zero-order chi connectivity index (χ0) is 10.6. The number of carbonyl (C=O) groups excluding carboxylic acids is 1. The fourth-order valence-corrected chi connectivity index (χ4v) is 2.37. The molecule has 0 heterocycles. The zero-order valence-electron chi connectivity index (χ0n) is 8.91. The van der Waals surface area contributed by atoms with E-state index in [2.05, 4.69) is 6.92 Å². The van der Waals surface area contributed by atoms with E-state index >= 15 is 0 Å². The average Bonchev–Trinajstić information content (AvgIpc) is 2.18. The van der Waals surface area contributed by atoms with Crippen LogP contribution in [-0.4, -0.2) is 17.4 Å². The minimum atomic E-state index is -0.108. The maximum atomic E-state index is 11.9. The SMILES string of the molecule is CCOC(=S)C1CCCC(CC)C1=O. The lowest BCUT2D eigenvalue weighted by Crippen LogP contribution is -2.33. The number of rotatable bonds is 3. The van der Waals surface area contributed by atoms with Gasteiger partial charge >= 0.3 is 0 Å². The number of hydrogen-bond acceptors (Lipinski definition) is 3. The maximum absolute atomic E-state index is 11.9. The summed E-state index contributed by atoms with van der Waals surface area (Å²) in [6.07, 6.45) is 3.95. The molecule has 0 spiro atoms. The molecular weight excluding hydrogens is 196 g/mol. The molecule has 2 atom stereocenters. The minimum Gasteiger partial charge on any atom is -0.487 e. The number of hydrogen-bond donors (Lipinski definition) is 0. The smallest absolute Gasteiger partial charge is 0.170 e. The summed E-state index contributed by atoms with van der Waals surface area (Å²) in [6.45, 7) is 4.53. The molecule has 0 aromatic carbocycles. The third-order valence-electron chi connectivity index (χ3n) is 2.86. The molecule has 0 saturated heterocycles. The van der Waals surface area contributed by atoms with Gasteiger partial charge < -0.3 is 4.74 Å². The Morgan fingerprint density at radius 2 is 2.21 bits per heavy atom. The van der Waals surface area contributed by atoms with Crippen LogP contribution in [0, 0.1) is 11.8 Å². The summed E-state index contributed by atoms with van der Waals surface area (Å²) in [7, 11) is 0. The van der Waals surface area contributed by atoms with E-state index in [-0.39, 0.29) is 11.8 Å².